The predicted octanol–water partition coefficient (Wildman–Crippen LogP) is 1.29. The van der Waals surface area contributed by atoms with E-state index in [0.29, 0.717) is 12.1 Å². The zero-order chi connectivity index (χ0) is 12.8. The van der Waals surface area contributed by atoms with Crippen LogP contribution in [-0.4, -0.2) is 32.8 Å². The number of carbonyl (C=O) groups is 1. The molecular formula is C11H14N4O2S. The first-order valence-corrected chi connectivity index (χ1v) is 6.49. The third-order valence-corrected chi connectivity index (χ3v) is 3.37. The van der Waals surface area contributed by atoms with Gasteiger partial charge in [-0.15, -0.1) is 11.3 Å². The Labute approximate surface area is 108 Å². The molecule has 0 atom stereocenters. The van der Waals surface area contributed by atoms with Gasteiger partial charge in [0.25, 0.3) is 0 Å². The van der Waals surface area contributed by atoms with Gasteiger partial charge in [-0.1, -0.05) is 0 Å². The summed E-state index contributed by atoms with van der Waals surface area (Å²) in [6, 6.07) is 1.70. The molecule has 0 amide bonds. The number of hydrogen-bond acceptors (Lipinski definition) is 5. The summed E-state index contributed by atoms with van der Waals surface area (Å²) in [5.41, 5.74) is 0.360. The first-order valence-electron chi connectivity index (χ1n) is 5.61. The molecule has 0 saturated carbocycles. The van der Waals surface area contributed by atoms with Crippen molar-refractivity contribution < 1.29 is 9.90 Å². The Hall–Kier alpha value is -1.73. The second-order valence-electron chi connectivity index (χ2n) is 3.82. The maximum Gasteiger partial charge on any atom is 0.336 e. The highest BCUT2D eigenvalue weighted by atomic mass is 32.1. The quantitative estimate of drug-likeness (QED) is 0.657. The second-order valence-corrected chi connectivity index (χ2v) is 4.82. The summed E-state index contributed by atoms with van der Waals surface area (Å²) in [6.45, 7) is 1.56. The fourth-order valence-electron chi connectivity index (χ4n) is 1.53. The minimum Gasteiger partial charge on any atom is -0.478 e. The van der Waals surface area contributed by atoms with Crippen molar-refractivity contribution in [1.82, 2.24) is 20.5 Å². The van der Waals surface area contributed by atoms with E-state index in [1.54, 1.807) is 11.4 Å². The molecule has 0 aliphatic rings. The highest BCUT2D eigenvalue weighted by Gasteiger charge is 2.05. The highest BCUT2D eigenvalue weighted by molar-refractivity contribution is 7.10. The van der Waals surface area contributed by atoms with E-state index in [2.05, 4.69) is 20.5 Å². The molecule has 0 radical (unpaired) electrons. The summed E-state index contributed by atoms with van der Waals surface area (Å²) in [7, 11) is 0. The van der Waals surface area contributed by atoms with E-state index in [1.165, 1.54) is 17.7 Å². The van der Waals surface area contributed by atoms with Crippen LogP contribution in [0.2, 0.25) is 0 Å². The van der Waals surface area contributed by atoms with Gasteiger partial charge in [-0.05, 0) is 19.0 Å². The molecule has 0 aromatic carbocycles. The third-order valence-electron chi connectivity index (χ3n) is 2.43. The zero-order valence-electron chi connectivity index (χ0n) is 9.72. The summed E-state index contributed by atoms with van der Waals surface area (Å²) in [5, 5.41) is 20.3. The molecule has 2 aromatic rings. The topological polar surface area (TPSA) is 90.9 Å². The number of thiophene rings is 1. The number of aromatic carboxylic acids is 1. The molecular weight excluding hydrogens is 252 g/mol. The number of nitrogens with one attached hydrogen (secondary N) is 2. The van der Waals surface area contributed by atoms with Crippen LogP contribution < -0.4 is 5.32 Å². The van der Waals surface area contributed by atoms with Crippen LogP contribution in [0.3, 0.4) is 0 Å². The summed E-state index contributed by atoms with van der Waals surface area (Å²) >= 11 is 1.46. The summed E-state index contributed by atoms with van der Waals surface area (Å²) in [6.07, 6.45) is 3.33. The van der Waals surface area contributed by atoms with E-state index in [4.69, 9.17) is 5.11 Å². The van der Waals surface area contributed by atoms with E-state index >= 15 is 0 Å². The maximum absolute atomic E-state index is 10.7. The van der Waals surface area contributed by atoms with Gasteiger partial charge in [-0.25, -0.2) is 9.78 Å². The number of aromatic amines is 1. The van der Waals surface area contributed by atoms with Gasteiger partial charge >= 0.3 is 5.97 Å². The van der Waals surface area contributed by atoms with Crippen LogP contribution >= 0.6 is 11.3 Å². The standard InChI is InChI=1S/C11H14N4O2S/c16-11(17)8-4-9(18-6-8)5-12-3-1-2-10-13-7-14-15-10/h4,6-7,12H,1-3,5H2,(H,16,17)(H,13,14,15). The fraction of sp³-hybridized carbons (Fsp3) is 0.364. The van der Waals surface area contributed by atoms with Crippen LogP contribution in [-0.2, 0) is 13.0 Å². The van der Waals surface area contributed by atoms with Crippen molar-refractivity contribution in [3.63, 3.8) is 0 Å². The van der Waals surface area contributed by atoms with Gasteiger partial charge in [0, 0.05) is 23.2 Å². The van der Waals surface area contributed by atoms with Gasteiger partial charge in [0.15, 0.2) is 0 Å². The lowest BCUT2D eigenvalue weighted by Crippen LogP contribution is -2.14. The van der Waals surface area contributed by atoms with E-state index in [9.17, 15) is 4.79 Å². The summed E-state index contributed by atoms with van der Waals surface area (Å²) < 4.78 is 0. The summed E-state index contributed by atoms with van der Waals surface area (Å²) in [4.78, 5) is 15.8. The molecule has 96 valence electrons. The maximum atomic E-state index is 10.7. The molecule has 2 heterocycles. The molecule has 2 rings (SSSR count). The molecule has 2 aromatic heterocycles. The van der Waals surface area contributed by atoms with Gasteiger partial charge in [0.1, 0.15) is 12.2 Å². The average Bonchev–Trinajstić information content (AvgIpc) is 2.98. The number of H-pyrrole nitrogens is 1. The molecule has 7 heteroatoms. The number of carboxylic acid groups (broad SMARTS) is 1. The van der Waals surface area contributed by atoms with E-state index in [-0.39, 0.29) is 0 Å². The number of nitrogens with zero attached hydrogens (tertiary/aromatic N) is 2. The molecule has 0 aliphatic heterocycles. The highest BCUT2D eigenvalue weighted by Crippen LogP contribution is 2.14. The Bertz CT molecular complexity index is 495. The molecule has 0 spiro atoms. The largest absolute Gasteiger partial charge is 0.478 e. The van der Waals surface area contributed by atoms with Crippen molar-refractivity contribution in [3.8, 4) is 0 Å². The van der Waals surface area contributed by atoms with Crippen LogP contribution in [0.25, 0.3) is 0 Å². The van der Waals surface area contributed by atoms with Gasteiger partial charge in [0.2, 0.25) is 0 Å². The lowest BCUT2D eigenvalue weighted by atomic mass is 10.3. The van der Waals surface area contributed by atoms with Crippen molar-refractivity contribution >= 4 is 17.3 Å². The van der Waals surface area contributed by atoms with E-state index in [1.807, 2.05) is 0 Å². The van der Waals surface area contributed by atoms with Crippen LogP contribution in [0.4, 0.5) is 0 Å². The first kappa shape index (κ1) is 12.7. The number of hydrogen-bond donors (Lipinski definition) is 3. The second kappa shape index (κ2) is 6.27. The third kappa shape index (κ3) is 3.64. The van der Waals surface area contributed by atoms with Crippen molar-refractivity contribution in [2.24, 2.45) is 0 Å². The summed E-state index contributed by atoms with van der Waals surface area (Å²) in [5.74, 6) is 0.0175. The minimum absolute atomic E-state index is 0.360. The Kier molecular flexibility index (Phi) is 4.43. The Morgan fingerprint density at radius 2 is 2.44 bits per heavy atom. The van der Waals surface area contributed by atoms with Crippen LogP contribution in [0.15, 0.2) is 17.8 Å². The molecule has 0 saturated heterocycles. The van der Waals surface area contributed by atoms with Gasteiger partial charge in [-0.2, -0.15) is 5.10 Å². The van der Waals surface area contributed by atoms with Crippen molar-refractivity contribution in [3.05, 3.63) is 34.0 Å². The molecule has 3 N–H and O–H groups in total. The molecule has 18 heavy (non-hydrogen) atoms. The molecule has 0 bridgehead atoms. The number of carboxylic acids is 1. The van der Waals surface area contributed by atoms with Crippen LogP contribution in [0.1, 0.15) is 27.5 Å². The average molecular weight is 266 g/mol. The molecule has 0 fully saturated rings. The van der Waals surface area contributed by atoms with Gasteiger partial charge in [-0.3, -0.25) is 5.10 Å². The van der Waals surface area contributed by atoms with Crippen molar-refractivity contribution in [2.45, 2.75) is 19.4 Å². The number of aromatic nitrogens is 3. The van der Waals surface area contributed by atoms with Gasteiger partial charge < -0.3 is 10.4 Å². The van der Waals surface area contributed by atoms with Crippen LogP contribution in [0, 0.1) is 0 Å². The fourth-order valence-corrected chi connectivity index (χ4v) is 2.36. The minimum atomic E-state index is -0.872. The predicted molar refractivity (Wildman–Crippen MR) is 67.7 cm³/mol. The monoisotopic (exact) mass is 266 g/mol. The SMILES string of the molecule is O=C(O)c1csc(CNCCCc2ncn[nH]2)c1. The first-order chi connectivity index (χ1) is 8.75. The Balaban J connectivity index is 1.64. The zero-order valence-corrected chi connectivity index (χ0v) is 10.5. The molecule has 6 nitrogen and oxygen atoms in total. The Morgan fingerprint density at radius 3 is 3.11 bits per heavy atom. The number of rotatable bonds is 7. The van der Waals surface area contributed by atoms with Crippen molar-refractivity contribution in [2.75, 3.05) is 6.54 Å². The lowest BCUT2D eigenvalue weighted by Gasteiger charge is -2.01. The number of aryl methyl sites for hydroxylation is 1. The lowest BCUT2D eigenvalue weighted by molar-refractivity contribution is 0.0697. The van der Waals surface area contributed by atoms with Crippen LogP contribution in [0.5, 0.6) is 0 Å². The van der Waals surface area contributed by atoms with E-state index < -0.39 is 5.97 Å². The Morgan fingerprint density at radius 1 is 1.56 bits per heavy atom. The van der Waals surface area contributed by atoms with Crippen molar-refractivity contribution in [1.29, 1.82) is 0 Å². The molecule has 0 unspecified atom stereocenters. The molecule has 0 aliphatic carbocycles. The van der Waals surface area contributed by atoms with Gasteiger partial charge in [0.05, 0.1) is 5.56 Å². The smallest absolute Gasteiger partial charge is 0.336 e. The van der Waals surface area contributed by atoms with E-state index in [0.717, 1.165) is 30.1 Å². The normalized spacial score (nSPS) is 10.7.